The van der Waals surface area contributed by atoms with E-state index >= 15 is 0 Å². The molecule has 1 aliphatic heterocycles. The van der Waals surface area contributed by atoms with Gasteiger partial charge in [-0.1, -0.05) is 13.0 Å². The number of nitrogens with zero attached hydrogens (tertiary/aromatic N) is 2. The van der Waals surface area contributed by atoms with Crippen molar-refractivity contribution >= 4 is 19.7 Å². The summed E-state index contributed by atoms with van der Waals surface area (Å²) in [6, 6.07) is 0. The molecule has 1 heterocycles. The van der Waals surface area contributed by atoms with E-state index in [1.807, 2.05) is 19.2 Å². The fourth-order valence-corrected chi connectivity index (χ4v) is 1.23. The molecule has 0 spiro atoms. The molecule has 74 valence electrons. The van der Waals surface area contributed by atoms with Gasteiger partial charge in [-0.2, -0.15) is 0 Å². The predicted octanol–water partition coefficient (Wildman–Crippen LogP) is -0.209. The molecule has 0 aromatic carbocycles. The van der Waals surface area contributed by atoms with Crippen LogP contribution in [0.15, 0.2) is 21.8 Å². The number of dihydropyridines is 1. The average Bonchev–Trinajstić information content (AvgIpc) is 2.14. The number of rotatable bonds is 3. The molecule has 0 saturated carbocycles. The standard InChI is InChI=1S/C9H15BN4/c1-2-3-13-5-6-4-7(11)8(10)14-9(6)12/h3-4,6,9H,2,5,11-12H2,1H3. The van der Waals surface area contributed by atoms with Crippen molar-refractivity contribution in [2.45, 2.75) is 19.5 Å². The fourth-order valence-electron chi connectivity index (χ4n) is 1.23. The van der Waals surface area contributed by atoms with Crippen molar-refractivity contribution in [2.24, 2.45) is 27.4 Å². The zero-order chi connectivity index (χ0) is 10.6. The van der Waals surface area contributed by atoms with E-state index in [1.165, 1.54) is 0 Å². The summed E-state index contributed by atoms with van der Waals surface area (Å²) in [4.78, 5) is 8.24. The second-order valence-corrected chi connectivity index (χ2v) is 3.25. The van der Waals surface area contributed by atoms with Gasteiger partial charge in [0.2, 0.25) is 0 Å². The van der Waals surface area contributed by atoms with Crippen molar-refractivity contribution in [3.63, 3.8) is 0 Å². The highest BCUT2D eigenvalue weighted by molar-refractivity contribution is 6.64. The van der Waals surface area contributed by atoms with E-state index in [0.29, 0.717) is 17.9 Å². The molecule has 0 amide bonds. The molecule has 14 heavy (non-hydrogen) atoms. The van der Waals surface area contributed by atoms with Crippen molar-refractivity contribution in [1.29, 1.82) is 0 Å². The zero-order valence-corrected chi connectivity index (χ0v) is 8.35. The molecule has 2 radical (unpaired) electrons. The number of hydrogen-bond acceptors (Lipinski definition) is 4. The third kappa shape index (κ3) is 2.70. The lowest BCUT2D eigenvalue weighted by Gasteiger charge is -2.22. The van der Waals surface area contributed by atoms with Crippen LogP contribution in [-0.2, 0) is 0 Å². The maximum Gasteiger partial charge on any atom is 0.144 e. The smallest absolute Gasteiger partial charge is 0.144 e. The van der Waals surface area contributed by atoms with Crippen LogP contribution < -0.4 is 11.5 Å². The fraction of sp³-hybridized carbons (Fsp3) is 0.556. The predicted molar refractivity (Wildman–Crippen MR) is 60.6 cm³/mol. The van der Waals surface area contributed by atoms with E-state index < -0.39 is 0 Å². The molecule has 0 aromatic heterocycles. The molecule has 1 aliphatic rings. The number of aliphatic imine (C=N–C) groups is 2. The van der Waals surface area contributed by atoms with Crippen LogP contribution in [0.2, 0.25) is 0 Å². The van der Waals surface area contributed by atoms with Crippen LogP contribution in [0.3, 0.4) is 0 Å². The van der Waals surface area contributed by atoms with E-state index in [9.17, 15) is 0 Å². The van der Waals surface area contributed by atoms with Gasteiger partial charge in [0.25, 0.3) is 0 Å². The first kappa shape index (κ1) is 11.0. The number of nitrogens with two attached hydrogens (primary N) is 2. The first-order valence-electron chi connectivity index (χ1n) is 4.70. The Labute approximate surface area is 85.6 Å². The Morgan fingerprint density at radius 3 is 3.07 bits per heavy atom. The van der Waals surface area contributed by atoms with E-state index in [4.69, 9.17) is 19.3 Å². The third-order valence-corrected chi connectivity index (χ3v) is 2.04. The second kappa shape index (κ2) is 4.95. The largest absolute Gasteiger partial charge is 0.398 e. The van der Waals surface area contributed by atoms with E-state index in [0.717, 1.165) is 6.42 Å². The Bertz CT molecular complexity index is 283. The molecular weight excluding hydrogens is 175 g/mol. The Morgan fingerprint density at radius 1 is 1.71 bits per heavy atom. The maximum absolute atomic E-state index is 5.77. The van der Waals surface area contributed by atoms with Crippen LogP contribution in [0.4, 0.5) is 0 Å². The molecule has 0 saturated heterocycles. The Morgan fingerprint density at radius 2 is 2.43 bits per heavy atom. The topological polar surface area (TPSA) is 76.8 Å². The highest BCUT2D eigenvalue weighted by atomic mass is 15.0. The summed E-state index contributed by atoms with van der Waals surface area (Å²) in [5, 5.41) is 0. The van der Waals surface area contributed by atoms with Crippen molar-refractivity contribution in [1.82, 2.24) is 0 Å². The molecule has 4 N–H and O–H groups in total. The van der Waals surface area contributed by atoms with Gasteiger partial charge < -0.3 is 11.5 Å². The summed E-state index contributed by atoms with van der Waals surface area (Å²) in [6.45, 7) is 2.65. The minimum Gasteiger partial charge on any atom is -0.398 e. The maximum atomic E-state index is 5.77. The summed E-state index contributed by atoms with van der Waals surface area (Å²) >= 11 is 0. The van der Waals surface area contributed by atoms with Crippen LogP contribution in [0, 0.1) is 5.92 Å². The average molecular weight is 190 g/mol. The minimum atomic E-state index is -0.323. The highest BCUT2D eigenvalue weighted by Crippen LogP contribution is 2.13. The number of allylic oxidation sites excluding steroid dienone is 1. The summed E-state index contributed by atoms with van der Waals surface area (Å²) in [6.07, 6.45) is 4.29. The monoisotopic (exact) mass is 190 g/mol. The summed E-state index contributed by atoms with van der Waals surface area (Å²) in [5.41, 5.74) is 12.2. The van der Waals surface area contributed by atoms with Gasteiger partial charge in [0.15, 0.2) is 0 Å². The third-order valence-electron chi connectivity index (χ3n) is 2.04. The molecule has 1 rings (SSSR count). The lowest BCUT2D eigenvalue weighted by molar-refractivity contribution is 0.522. The molecular formula is C9H15BN4. The lowest BCUT2D eigenvalue weighted by Crippen LogP contribution is -2.35. The molecule has 0 bridgehead atoms. The second-order valence-electron chi connectivity index (χ2n) is 3.25. The molecule has 2 atom stereocenters. The van der Waals surface area contributed by atoms with Gasteiger partial charge in [-0.3, -0.25) is 9.98 Å². The van der Waals surface area contributed by atoms with Crippen molar-refractivity contribution in [3.8, 4) is 0 Å². The van der Waals surface area contributed by atoms with Gasteiger partial charge in [0.1, 0.15) is 14.0 Å². The van der Waals surface area contributed by atoms with E-state index in [2.05, 4.69) is 9.98 Å². The van der Waals surface area contributed by atoms with E-state index in [-0.39, 0.29) is 12.1 Å². The van der Waals surface area contributed by atoms with Crippen LogP contribution in [0.5, 0.6) is 0 Å². The minimum absolute atomic E-state index is 0.0603. The Balaban J connectivity index is 2.60. The van der Waals surface area contributed by atoms with Crippen LogP contribution in [0.1, 0.15) is 13.3 Å². The van der Waals surface area contributed by atoms with Crippen molar-refractivity contribution in [2.75, 3.05) is 6.54 Å². The van der Waals surface area contributed by atoms with Crippen LogP contribution in [0.25, 0.3) is 0 Å². The van der Waals surface area contributed by atoms with Crippen molar-refractivity contribution < 1.29 is 0 Å². The molecule has 4 nitrogen and oxygen atoms in total. The quantitative estimate of drug-likeness (QED) is 0.477. The molecule has 0 fully saturated rings. The van der Waals surface area contributed by atoms with Gasteiger partial charge >= 0.3 is 0 Å². The Hall–Kier alpha value is -1.10. The van der Waals surface area contributed by atoms with Crippen molar-refractivity contribution in [3.05, 3.63) is 11.8 Å². The number of hydrogen-bond donors (Lipinski definition) is 2. The molecule has 0 aromatic rings. The van der Waals surface area contributed by atoms with Crippen LogP contribution in [-0.4, -0.2) is 32.4 Å². The van der Waals surface area contributed by atoms with Gasteiger partial charge in [-0.25, -0.2) is 0 Å². The lowest BCUT2D eigenvalue weighted by atomic mass is 9.91. The normalized spacial score (nSPS) is 27.6. The summed E-state index contributed by atoms with van der Waals surface area (Å²) < 4.78 is 0. The first-order valence-corrected chi connectivity index (χ1v) is 4.70. The van der Waals surface area contributed by atoms with Crippen LogP contribution >= 0.6 is 0 Å². The first-order chi connectivity index (χ1) is 6.65. The van der Waals surface area contributed by atoms with Gasteiger partial charge in [0.05, 0.1) is 0 Å². The molecule has 0 aliphatic carbocycles. The summed E-state index contributed by atoms with van der Waals surface area (Å²) in [7, 11) is 5.52. The summed E-state index contributed by atoms with van der Waals surface area (Å²) in [5.74, 6) is 0.0603. The highest BCUT2D eigenvalue weighted by Gasteiger charge is 2.19. The molecule has 2 unspecified atom stereocenters. The van der Waals surface area contributed by atoms with Gasteiger partial charge in [0, 0.05) is 23.8 Å². The Kier molecular flexibility index (Phi) is 3.89. The zero-order valence-electron chi connectivity index (χ0n) is 8.35. The van der Waals surface area contributed by atoms with Gasteiger partial charge in [-0.05, 0) is 12.6 Å². The van der Waals surface area contributed by atoms with Gasteiger partial charge in [-0.15, -0.1) is 0 Å². The molecule has 5 heteroatoms. The SMILES string of the molecule is [B]C1=NC(N)C(CN=CCC)C=C1N. The van der Waals surface area contributed by atoms with E-state index in [1.54, 1.807) is 0 Å².